The van der Waals surface area contributed by atoms with E-state index in [9.17, 15) is 14.4 Å². The molecule has 33 heavy (non-hydrogen) atoms. The van der Waals surface area contributed by atoms with Crippen LogP contribution in [-0.2, 0) is 20.9 Å². The van der Waals surface area contributed by atoms with Crippen molar-refractivity contribution < 1.29 is 19.5 Å². The van der Waals surface area contributed by atoms with E-state index in [1.54, 1.807) is 23.1 Å². The first-order valence-electron chi connectivity index (χ1n) is 11.4. The van der Waals surface area contributed by atoms with Gasteiger partial charge in [0.2, 0.25) is 11.8 Å². The van der Waals surface area contributed by atoms with Gasteiger partial charge in [0, 0.05) is 23.7 Å². The molecule has 1 aromatic rings. The van der Waals surface area contributed by atoms with E-state index in [0.29, 0.717) is 29.1 Å². The number of amides is 2. The average Bonchev–Trinajstić information content (AvgIpc) is 3.24. The number of likely N-dealkylation sites (tertiary alicyclic amines) is 1. The second-order valence-electron chi connectivity index (χ2n) is 8.81. The molecule has 0 aromatic heterocycles. The number of carbonyl (C=O) groups is 3. The Morgan fingerprint density at radius 3 is 2.55 bits per heavy atom. The van der Waals surface area contributed by atoms with Gasteiger partial charge in [0.1, 0.15) is 11.4 Å². The number of nitrogens with zero attached hydrogens (tertiary/aromatic N) is 1. The van der Waals surface area contributed by atoms with Crippen LogP contribution in [0.2, 0.25) is 5.02 Å². The first-order chi connectivity index (χ1) is 15.8. The Hall–Kier alpha value is -2.65. The highest BCUT2D eigenvalue weighted by atomic mass is 35.5. The summed E-state index contributed by atoms with van der Waals surface area (Å²) in [6, 6.07) is 5.02. The predicted octanol–water partition coefficient (Wildman–Crippen LogP) is 1.86. The summed E-state index contributed by atoms with van der Waals surface area (Å²) in [5.74, 6) is -1.50. The quantitative estimate of drug-likeness (QED) is 0.271. The summed E-state index contributed by atoms with van der Waals surface area (Å²) in [4.78, 5) is 39.2. The molecule has 10 heteroatoms. The molecule has 6 N–H and O–H groups in total. The number of carboxylic acid groups (broad SMARTS) is 1. The minimum absolute atomic E-state index is 0.0627. The molecule has 0 bridgehead atoms. The van der Waals surface area contributed by atoms with Crippen molar-refractivity contribution in [1.82, 2.24) is 15.5 Å². The van der Waals surface area contributed by atoms with Gasteiger partial charge in [-0.05, 0) is 43.2 Å². The molecule has 1 heterocycles. The van der Waals surface area contributed by atoms with E-state index >= 15 is 0 Å². The summed E-state index contributed by atoms with van der Waals surface area (Å²) in [7, 11) is 0. The minimum Gasteiger partial charge on any atom is -0.480 e. The number of nitrogens with one attached hydrogen (secondary N) is 3. The second kappa shape index (κ2) is 11.0. The number of benzene rings is 1. The number of nitrogens with two attached hydrogens (primary N) is 1. The number of nitrogen functional groups attached to an aromatic ring is 1. The molecule has 1 saturated carbocycles. The molecule has 0 radical (unpaired) electrons. The summed E-state index contributed by atoms with van der Waals surface area (Å²) in [5, 5.41) is 22.5. The number of rotatable bonds is 9. The highest BCUT2D eigenvalue weighted by molar-refractivity contribution is 6.31. The van der Waals surface area contributed by atoms with Gasteiger partial charge in [-0.1, -0.05) is 43.0 Å². The second-order valence-corrected chi connectivity index (χ2v) is 9.22. The molecule has 0 unspecified atom stereocenters. The molecule has 9 nitrogen and oxygen atoms in total. The number of carbonyl (C=O) groups excluding carboxylic acids is 2. The smallest absolute Gasteiger partial charge is 0.317 e. The molecule has 180 valence electrons. The number of hydrogen-bond donors (Lipinski definition) is 5. The lowest BCUT2D eigenvalue weighted by Crippen LogP contribution is -2.62. The monoisotopic (exact) mass is 477 g/mol. The number of carboxylic acids is 1. The molecule has 1 atom stereocenters. The summed E-state index contributed by atoms with van der Waals surface area (Å²) in [6.07, 6.45) is 6.25. The van der Waals surface area contributed by atoms with Gasteiger partial charge in [-0.15, -0.1) is 0 Å². The van der Waals surface area contributed by atoms with Crippen molar-refractivity contribution in [3.63, 3.8) is 0 Å². The zero-order chi connectivity index (χ0) is 24.0. The zero-order valence-corrected chi connectivity index (χ0v) is 19.4. The Morgan fingerprint density at radius 2 is 1.91 bits per heavy atom. The van der Waals surface area contributed by atoms with E-state index in [1.807, 2.05) is 0 Å². The Labute approximate surface area is 198 Å². The van der Waals surface area contributed by atoms with Crippen LogP contribution in [0.25, 0.3) is 0 Å². The Balaban J connectivity index is 1.79. The predicted molar refractivity (Wildman–Crippen MR) is 125 cm³/mol. The van der Waals surface area contributed by atoms with E-state index in [1.165, 1.54) is 0 Å². The molecular formula is C23H32ClN5O4. The van der Waals surface area contributed by atoms with Crippen LogP contribution in [0.4, 0.5) is 0 Å². The van der Waals surface area contributed by atoms with Crippen molar-refractivity contribution >= 4 is 35.2 Å². The fourth-order valence-corrected chi connectivity index (χ4v) is 5.42. The molecule has 1 aromatic carbocycles. The topological polar surface area (TPSA) is 149 Å². The van der Waals surface area contributed by atoms with E-state index in [-0.39, 0.29) is 43.2 Å². The standard InChI is InChI=1S/C23H32ClN5O4/c24-18-11-15(21(25)26)7-8-16(18)12-28-22(33)23(17-5-2-1-3-6-17)9-4-10-29(23)19(30)13-27-14-20(31)32/h7-8,11,17,27H,1-6,9-10,12-14H2,(H3,25,26)(H,28,33)(H,31,32)/t23-/m1/s1. The van der Waals surface area contributed by atoms with Gasteiger partial charge >= 0.3 is 5.97 Å². The highest BCUT2D eigenvalue weighted by Crippen LogP contribution is 2.43. The summed E-state index contributed by atoms with van der Waals surface area (Å²) < 4.78 is 0. The molecule has 3 rings (SSSR count). The van der Waals surface area contributed by atoms with Crippen molar-refractivity contribution in [3.8, 4) is 0 Å². The van der Waals surface area contributed by atoms with Gasteiger partial charge in [-0.2, -0.15) is 0 Å². The zero-order valence-electron chi connectivity index (χ0n) is 18.7. The van der Waals surface area contributed by atoms with Crippen LogP contribution in [0, 0.1) is 11.3 Å². The molecule has 2 aliphatic rings. The van der Waals surface area contributed by atoms with Crippen molar-refractivity contribution in [3.05, 3.63) is 34.3 Å². The maximum Gasteiger partial charge on any atom is 0.317 e. The SMILES string of the molecule is N=C(N)c1ccc(CNC(=O)[C@]2(C3CCCCC3)CCCN2C(=O)CNCC(=O)O)c(Cl)c1. The number of aliphatic carboxylic acids is 1. The molecule has 2 fully saturated rings. The van der Waals surface area contributed by atoms with Crippen LogP contribution in [0.1, 0.15) is 56.1 Å². The third kappa shape index (κ3) is 5.65. The molecular weight excluding hydrogens is 446 g/mol. The Bertz CT molecular complexity index is 918. The minimum atomic E-state index is -1.03. The summed E-state index contributed by atoms with van der Waals surface area (Å²) >= 11 is 6.34. The van der Waals surface area contributed by atoms with Crippen LogP contribution in [0.15, 0.2) is 18.2 Å². The van der Waals surface area contributed by atoms with Crippen LogP contribution >= 0.6 is 11.6 Å². The fourth-order valence-electron chi connectivity index (χ4n) is 5.17. The van der Waals surface area contributed by atoms with Crippen molar-refractivity contribution in [2.45, 2.75) is 57.0 Å². The molecule has 1 aliphatic carbocycles. The highest BCUT2D eigenvalue weighted by Gasteiger charge is 2.54. The normalized spacial score (nSPS) is 21.1. The van der Waals surface area contributed by atoms with E-state index in [4.69, 9.17) is 27.9 Å². The lowest BCUT2D eigenvalue weighted by Gasteiger charge is -2.44. The first-order valence-corrected chi connectivity index (χ1v) is 11.8. The molecule has 1 aliphatic heterocycles. The van der Waals surface area contributed by atoms with Gasteiger partial charge < -0.3 is 21.1 Å². The van der Waals surface area contributed by atoms with E-state index in [2.05, 4.69) is 10.6 Å². The van der Waals surface area contributed by atoms with Crippen molar-refractivity contribution in [2.24, 2.45) is 11.7 Å². The first kappa shape index (κ1) is 25.0. The van der Waals surface area contributed by atoms with Crippen LogP contribution in [0.3, 0.4) is 0 Å². The van der Waals surface area contributed by atoms with Crippen molar-refractivity contribution in [2.75, 3.05) is 19.6 Å². The van der Waals surface area contributed by atoms with Crippen LogP contribution in [-0.4, -0.2) is 58.8 Å². The van der Waals surface area contributed by atoms with Crippen molar-refractivity contribution in [1.29, 1.82) is 5.41 Å². The van der Waals surface area contributed by atoms with Gasteiger partial charge in [-0.3, -0.25) is 25.1 Å². The largest absolute Gasteiger partial charge is 0.480 e. The number of amidine groups is 1. The van der Waals surface area contributed by atoms with E-state index < -0.39 is 11.5 Å². The third-order valence-electron chi connectivity index (χ3n) is 6.75. The lowest BCUT2D eigenvalue weighted by atomic mass is 9.72. The number of halogens is 1. The van der Waals surface area contributed by atoms with Gasteiger partial charge in [0.25, 0.3) is 0 Å². The number of hydrogen-bond acceptors (Lipinski definition) is 5. The molecule has 1 saturated heterocycles. The summed E-state index contributed by atoms with van der Waals surface area (Å²) in [6.45, 7) is 0.249. The van der Waals surface area contributed by atoms with Crippen LogP contribution in [0.5, 0.6) is 0 Å². The molecule has 0 spiro atoms. The fraction of sp³-hybridized carbons (Fsp3) is 0.565. The lowest BCUT2D eigenvalue weighted by molar-refractivity contribution is -0.149. The third-order valence-corrected chi connectivity index (χ3v) is 7.10. The van der Waals surface area contributed by atoms with Gasteiger partial charge in [-0.25, -0.2) is 0 Å². The van der Waals surface area contributed by atoms with Crippen LogP contribution < -0.4 is 16.4 Å². The molecule has 2 amide bonds. The Morgan fingerprint density at radius 1 is 1.18 bits per heavy atom. The average molecular weight is 478 g/mol. The maximum absolute atomic E-state index is 13.7. The van der Waals surface area contributed by atoms with Gasteiger partial charge in [0.15, 0.2) is 0 Å². The van der Waals surface area contributed by atoms with Gasteiger partial charge in [0.05, 0.1) is 13.1 Å². The maximum atomic E-state index is 13.7. The Kier molecular flexibility index (Phi) is 8.31. The van der Waals surface area contributed by atoms with E-state index in [0.717, 1.165) is 38.5 Å². The summed E-state index contributed by atoms with van der Waals surface area (Å²) in [5.41, 5.74) is 5.79.